The topological polar surface area (TPSA) is 98.7 Å². The van der Waals surface area contributed by atoms with Crippen molar-refractivity contribution in [2.24, 2.45) is 0 Å². The second kappa shape index (κ2) is 8.64. The number of carbonyl (C=O) groups is 1. The van der Waals surface area contributed by atoms with Crippen molar-refractivity contribution in [2.45, 2.75) is 26.2 Å². The minimum absolute atomic E-state index is 0.0786. The number of carbonyl (C=O) groups excluding carboxylic acids is 1. The predicted molar refractivity (Wildman–Crippen MR) is 107 cm³/mol. The van der Waals surface area contributed by atoms with Crippen molar-refractivity contribution in [3.8, 4) is 17.0 Å². The van der Waals surface area contributed by atoms with E-state index in [4.69, 9.17) is 4.42 Å². The number of amides is 1. The zero-order valence-electron chi connectivity index (χ0n) is 16.2. The number of nitrogens with one attached hydrogen (secondary N) is 1. The minimum Gasteiger partial charge on any atom is -0.441 e. The molecule has 0 bridgehead atoms. The number of halogens is 1. The molecule has 0 saturated heterocycles. The van der Waals surface area contributed by atoms with Gasteiger partial charge in [-0.25, -0.2) is 9.37 Å². The number of rotatable bonds is 7. The summed E-state index contributed by atoms with van der Waals surface area (Å²) in [5.74, 6) is 0.975. The molecule has 0 atom stereocenters. The number of hydrogen-bond donors (Lipinski definition) is 1. The summed E-state index contributed by atoms with van der Waals surface area (Å²) >= 11 is 0. The van der Waals surface area contributed by atoms with Gasteiger partial charge in [0, 0.05) is 18.4 Å². The first-order valence-corrected chi connectivity index (χ1v) is 9.45. The standard InChI is InChI=1S/C21H19FN6O2/c1-14-25-26-27-28(14)16-10-11-17(22)18(12-16)24-20(29)8-5-9-21-23-13-19(30-21)15-6-3-2-4-7-15/h2-4,6-7,10-13H,5,8-9H2,1H3,(H,24,29). The van der Waals surface area contributed by atoms with Crippen molar-refractivity contribution < 1.29 is 13.6 Å². The van der Waals surface area contributed by atoms with Crippen LogP contribution in [0.2, 0.25) is 0 Å². The van der Waals surface area contributed by atoms with Crippen molar-refractivity contribution in [3.63, 3.8) is 0 Å². The molecule has 0 fully saturated rings. The van der Waals surface area contributed by atoms with Gasteiger partial charge in [-0.3, -0.25) is 4.79 Å². The highest BCUT2D eigenvalue weighted by Crippen LogP contribution is 2.21. The van der Waals surface area contributed by atoms with Gasteiger partial charge in [-0.1, -0.05) is 30.3 Å². The Bertz CT molecular complexity index is 1160. The van der Waals surface area contributed by atoms with Crippen LogP contribution in [0.3, 0.4) is 0 Å². The van der Waals surface area contributed by atoms with Gasteiger partial charge in [-0.15, -0.1) is 5.10 Å². The van der Waals surface area contributed by atoms with Crippen molar-refractivity contribution >= 4 is 11.6 Å². The van der Waals surface area contributed by atoms with Gasteiger partial charge in [-0.2, -0.15) is 4.68 Å². The molecule has 2 heterocycles. The van der Waals surface area contributed by atoms with E-state index in [2.05, 4.69) is 25.8 Å². The largest absolute Gasteiger partial charge is 0.441 e. The van der Waals surface area contributed by atoms with Gasteiger partial charge in [0.25, 0.3) is 0 Å². The summed E-state index contributed by atoms with van der Waals surface area (Å²) in [6.45, 7) is 1.73. The molecule has 0 saturated carbocycles. The second-order valence-electron chi connectivity index (χ2n) is 6.69. The third-order valence-electron chi connectivity index (χ3n) is 4.50. The maximum atomic E-state index is 14.1. The smallest absolute Gasteiger partial charge is 0.224 e. The molecule has 30 heavy (non-hydrogen) atoms. The third kappa shape index (κ3) is 4.40. The number of aryl methyl sites for hydroxylation is 2. The highest BCUT2D eigenvalue weighted by atomic mass is 19.1. The lowest BCUT2D eigenvalue weighted by Crippen LogP contribution is -2.13. The van der Waals surface area contributed by atoms with E-state index >= 15 is 0 Å². The first kappa shape index (κ1) is 19.4. The van der Waals surface area contributed by atoms with E-state index in [9.17, 15) is 9.18 Å². The Labute approximate surface area is 171 Å². The molecule has 0 unspecified atom stereocenters. The van der Waals surface area contributed by atoms with Gasteiger partial charge in [0.2, 0.25) is 5.91 Å². The summed E-state index contributed by atoms with van der Waals surface area (Å²) in [7, 11) is 0. The van der Waals surface area contributed by atoms with Gasteiger partial charge in [-0.05, 0) is 42.0 Å². The number of anilines is 1. The van der Waals surface area contributed by atoms with Crippen LogP contribution in [-0.4, -0.2) is 31.1 Å². The normalized spacial score (nSPS) is 10.9. The lowest BCUT2D eigenvalue weighted by molar-refractivity contribution is -0.116. The van der Waals surface area contributed by atoms with Crippen LogP contribution < -0.4 is 5.32 Å². The van der Waals surface area contributed by atoms with Crippen LogP contribution in [-0.2, 0) is 11.2 Å². The van der Waals surface area contributed by atoms with Gasteiger partial charge < -0.3 is 9.73 Å². The lowest BCUT2D eigenvalue weighted by Gasteiger charge is -2.09. The maximum absolute atomic E-state index is 14.1. The molecule has 0 aliphatic rings. The van der Waals surface area contributed by atoms with E-state index in [0.29, 0.717) is 36.0 Å². The van der Waals surface area contributed by atoms with E-state index in [0.717, 1.165) is 5.56 Å². The molecule has 0 aliphatic heterocycles. The van der Waals surface area contributed by atoms with Gasteiger partial charge in [0.1, 0.15) is 5.82 Å². The molecule has 8 nitrogen and oxygen atoms in total. The highest BCUT2D eigenvalue weighted by molar-refractivity contribution is 5.91. The average Bonchev–Trinajstić information content (AvgIpc) is 3.39. The Morgan fingerprint density at radius 3 is 2.80 bits per heavy atom. The molecule has 0 aliphatic carbocycles. The lowest BCUT2D eigenvalue weighted by atomic mass is 10.2. The summed E-state index contributed by atoms with van der Waals surface area (Å²) in [6.07, 6.45) is 2.91. The zero-order chi connectivity index (χ0) is 20.9. The molecular formula is C21H19FN6O2. The summed E-state index contributed by atoms with van der Waals surface area (Å²) in [5, 5.41) is 13.8. The van der Waals surface area contributed by atoms with E-state index in [1.165, 1.54) is 16.8 Å². The van der Waals surface area contributed by atoms with Crippen LogP contribution in [0.4, 0.5) is 10.1 Å². The average molecular weight is 406 g/mol. The molecule has 4 aromatic rings. The van der Waals surface area contributed by atoms with E-state index in [1.54, 1.807) is 19.2 Å². The highest BCUT2D eigenvalue weighted by Gasteiger charge is 2.12. The number of aromatic nitrogens is 5. The van der Waals surface area contributed by atoms with Crippen LogP contribution >= 0.6 is 0 Å². The molecule has 1 N–H and O–H groups in total. The molecule has 1 amide bonds. The minimum atomic E-state index is -0.530. The summed E-state index contributed by atoms with van der Waals surface area (Å²) < 4.78 is 21.3. The van der Waals surface area contributed by atoms with E-state index < -0.39 is 5.82 Å². The molecule has 0 spiro atoms. The van der Waals surface area contributed by atoms with E-state index in [-0.39, 0.29) is 18.0 Å². The fourth-order valence-corrected chi connectivity index (χ4v) is 2.99. The van der Waals surface area contributed by atoms with Crippen LogP contribution in [0.5, 0.6) is 0 Å². The molecule has 2 aromatic carbocycles. The molecule has 152 valence electrons. The number of tetrazole rings is 1. The van der Waals surface area contributed by atoms with Crippen LogP contribution in [0.1, 0.15) is 24.6 Å². The zero-order valence-corrected chi connectivity index (χ0v) is 16.2. The monoisotopic (exact) mass is 406 g/mol. The quantitative estimate of drug-likeness (QED) is 0.502. The third-order valence-corrected chi connectivity index (χ3v) is 4.50. The summed E-state index contributed by atoms with van der Waals surface area (Å²) in [6, 6.07) is 14.0. The SMILES string of the molecule is Cc1nnnn1-c1ccc(F)c(NC(=O)CCCc2ncc(-c3ccccc3)o2)c1. The molecular weight excluding hydrogens is 387 g/mol. The van der Waals surface area contributed by atoms with Crippen molar-refractivity contribution in [1.82, 2.24) is 25.2 Å². The van der Waals surface area contributed by atoms with Crippen molar-refractivity contribution in [2.75, 3.05) is 5.32 Å². The molecule has 2 aromatic heterocycles. The Balaban J connectivity index is 1.33. The molecule has 9 heteroatoms. The Kier molecular flexibility index (Phi) is 5.60. The number of oxazole rings is 1. The van der Waals surface area contributed by atoms with Gasteiger partial charge in [0.15, 0.2) is 17.5 Å². The first-order chi connectivity index (χ1) is 14.6. The Hall–Kier alpha value is -3.88. The summed E-state index contributed by atoms with van der Waals surface area (Å²) in [5.41, 5.74) is 1.58. The van der Waals surface area contributed by atoms with Crippen LogP contribution in [0, 0.1) is 12.7 Å². The summed E-state index contributed by atoms with van der Waals surface area (Å²) in [4.78, 5) is 16.5. The van der Waals surface area contributed by atoms with Gasteiger partial charge >= 0.3 is 0 Å². The Morgan fingerprint density at radius 2 is 2.03 bits per heavy atom. The van der Waals surface area contributed by atoms with Crippen LogP contribution in [0.25, 0.3) is 17.0 Å². The molecule has 0 radical (unpaired) electrons. The maximum Gasteiger partial charge on any atom is 0.224 e. The van der Waals surface area contributed by atoms with E-state index in [1.807, 2.05) is 30.3 Å². The second-order valence-corrected chi connectivity index (χ2v) is 6.69. The molecule has 4 rings (SSSR count). The Morgan fingerprint density at radius 1 is 1.20 bits per heavy atom. The fraction of sp³-hybridized carbons (Fsp3) is 0.190. The number of hydrogen-bond acceptors (Lipinski definition) is 6. The first-order valence-electron chi connectivity index (χ1n) is 9.45. The number of nitrogens with zero attached hydrogens (tertiary/aromatic N) is 5. The fourth-order valence-electron chi connectivity index (χ4n) is 2.99. The van der Waals surface area contributed by atoms with Crippen molar-refractivity contribution in [1.29, 1.82) is 0 Å². The van der Waals surface area contributed by atoms with Gasteiger partial charge in [0.05, 0.1) is 17.6 Å². The number of benzene rings is 2. The van der Waals surface area contributed by atoms with Crippen LogP contribution in [0.15, 0.2) is 59.1 Å². The van der Waals surface area contributed by atoms with Crippen molar-refractivity contribution in [3.05, 3.63) is 72.3 Å². The predicted octanol–water partition coefficient (Wildman–Crippen LogP) is 3.73.